The van der Waals surface area contributed by atoms with Gasteiger partial charge in [0, 0.05) is 17.8 Å². The first kappa shape index (κ1) is 14.7. The van der Waals surface area contributed by atoms with Crippen LogP contribution in [0.2, 0.25) is 0 Å². The molecule has 0 saturated carbocycles. The molecule has 21 heavy (non-hydrogen) atoms. The van der Waals surface area contributed by atoms with Crippen LogP contribution in [0.4, 0.5) is 0 Å². The number of amides is 1. The molecule has 0 radical (unpaired) electrons. The number of pyridine rings is 1. The Bertz CT molecular complexity index is 695. The summed E-state index contributed by atoms with van der Waals surface area (Å²) in [6.07, 6.45) is 5.89. The second kappa shape index (κ2) is 5.34. The summed E-state index contributed by atoms with van der Waals surface area (Å²) >= 11 is 0. The number of aliphatic imine (C=N–C) groups is 1. The lowest BCUT2D eigenvalue weighted by Gasteiger charge is -2.19. The Morgan fingerprint density at radius 1 is 1.52 bits per heavy atom. The highest BCUT2D eigenvalue weighted by molar-refractivity contribution is 5.98. The van der Waals surface area contributed by atoms with E-state index in [0.29, 0.717) is 11.3 Å². The maximum absolute atomic E-state index is 11.5. The van der Waals surface area contributed by atoms with Gasteiger partial charge in [0.25, 0.3) is 5.91 Å². The van der Waals surface area contributed by atoms with Gasteiger partial charge in [0.1, 0.15) is 5.60 Å². The van der Waals surface area contributed by atoms with Crippen molar-refractivity contribution in [3.05, 3.63) is 60.0 Å². The topological polar surface area (TPSA) is 115 Å². The van der Waals surface area contributed by atoms with Gasteiger partial charge in [-0.05, 0) is 30.2 Å². The lowest BCUT2D eigenvalue weighted by molar-refractivity contribution is -0.113. The summed E-state index contributed by atoms with van der Waals surface area (Å²) in [6, 6.07) is 3.61. The van der Waals surface area contributed by atoms with Crippen LogP contribution in [-0.4, -0.2) is 22.0 Å². The summed E-state index contributed by atoms with van der Waals surface area (Å²) in [5, 5.41) is 10.7. The summed E-state index contributed by atoms with van der Waals surface area (Å²) in [4.78, 5) is 19.1. The van der Waals surface area contributed by atoms with Crippen LogP contribution in [0.15, 0.2) is 53.7 Å². The second-order valence-electron chi connectivity index (χ2n) is 4.71. The Labute approximate surface area is 122 Å². The number of hydrogen-bond acceptors (Lipinski definition) is 3. The Morgan fingerprint density at radius 2 is 2.24 bits per heavy atom. The molecule has 1 atom stereocenters. The smallest absolute Gasteiger partial charge is 0.272 e. The first-order valence-electron chi connectivity index (χ1n) is 6.25. The van der Waals surface area contributed by atoms with Crippen molar-refractivity contribution in [1.29, 1.82) is 0 Å². The van der Waals surface area contributed by atoms with Gasteiger partial charge in [0.15, 0.2) is 5.96 Å². The predicted molar refractivity (Wildman–Crippen MR) is 80.9 cm³/mol. The van der Waals surface area contributed by atoms with E-state index in [1.54, 1.807) is 25.3 Å². The van der Waals surface area contributed by atoms with Gasteiger partial charge in [-0.15, -0.1) is 0 Å². The van der Waals surface area contributed by atoms with E-state index in [1.807, 2.05) is 6.07 Å². The molecule has 2 rings (SSSR count). The van der Waals surface area contributed by atoms with Gasteiger partial charge < -0.3 is 16.6 Å². The average molecular weight is 284 g/mol. The molecule has 5 N–H and O–H groups in total. The van der Waals surface area contributed by atoms with Crippen LogP contribution >= 0.6 is 0 Å². The molecular formula is C15H16N4O2. The standard InChI is InChI=1S/C15H16N4O2/c1-3-9-10-5-4-8-18-13(10)15(2,21)11(9)6-7-12(20)19-14(16)17/h3-8,21H,1H2,2H3,(H4,16,17,19,20)/b7-6+. The van der Waals surface area contributed by atoms with Crippen molar-refractivity contribution in [3.63, 3.8) is 0 Å². The molecule has 6 heteroatoms. The average Bonchev–Trinajstić information content (AvgIpc) is 2.63. The largest absolute Gasteiger partial charge is 0.379 e. The van der Waals surface area contributed by atoms with E-state index in [-0.39, 0.29) is 5.96 Å². The number of aliphatic hydroxyl groups is 1. The molecule has 1 aliphatic carbocycles. The van der Waals surface area contributed by atoms with E-state index in [4.69, 9.17) is 11.5 Å². The molecule has 1 aromatic heterocycles. The van der Waals surface area contributed by atoms with Gasteiger partial charge >= 0.3 is 0 Å². The van der Waals surface area contributed by atoms with Crippen LogP contribution in [0.5, 0.6) is 0 Å². The summed E-state index contributed by atoms with van der Waals surface area (Å²) in [7, 11) is 0. The van der Waals surface area contributed by atoms with Crippen LogP contribution in [0, 0.1) is 0 Å². The third-order valence-corrected chi connectivity index (χ3v) is 3.21. The van der Waals surface area contributed by atoms with Crippen LogP contribution in [-0.2, 0) is 10.4 Å². The molecule has 108 valence electrons. The van der Waals surface area contributed by atoms with Gasteiger partial charge in [0.2, 0.25) is 0 Å². The summed E-state index contributed by atoms with van der Waals surface area (Å²) in [5.74, 6) is -0.920. The molecule has 1 amide bonds. The molecule has 0 bridgehead atoms. The van der Waals surface area contributed by atoms with Gasteiger partial charge in [0.05, 0.1) is 5.69 Å². The highest BCUT2D eigenvalue weighted by atomic mass is 16.3. The molecule has 0 aromatic carbocycles. The monoisotopic (exact) mass is 284 g/mol. The minimum atomic E-state index is -1.31. The maximum Gasteiger partial charge on any atom is 0.272 e. The van der Waals surface area contributed by atoms with Crippen molar-refractivity contribution in [1.82, 2.24) is 4.98 Å². The zero-order chi connectivity index (χ0) is 15.6. The van der Waals surface area contributed by atoms with Gasteiger partial charge in [-0.2, -0.15) is 4.99 Å². The number of carbonyl (C=O) groups is 1. The van der Waals surface area contributed by atoms with Crippen molar-refractivity contribution < 1.29 is 9.90 Å². The van der Waals surface area contributed by atoms with Gasteiger partial charge in [-0.3, -0.25) is 9.78 Å². The lowest BCUT2D eigenvalue weighted by atomic mass is 9.95. The van der Waals surface area contributed by atoms with Crippen molar-refractivity contribution >= 4 is 17.4 Å². The molecular weight excluding hydrogens is 268 g/mol. The first-order valence-corrected chi connectivity index (χ1v) is 6.25. The fraction of sp³-hybridized carbons (Fsp3) is 0.133. The number of aromatic nitrogens is 1. The number of hydrogen-bond donors (Lipinski definition) is 3. The maximum atomic E-state index is 11.5. The lowest BCUT2D eigenvalue weighted by Crippen LogP contribution is -2.24. The van der Waals surface area contributed by atoms with Crippen molar-refractivity contribution in [2.24, 2.45) is 16.5 Å². The zero-order valence-corrected chi connectivity index (χ0v) is 11.6. The van der Waals surface area contributed by atoms with E-state index in [0.717, 1.165) is 11.1 Å². The Balaban J connectivity index is 2.48. The number of allylic oxidation sites excluding steroid dienone is 2. The molecule has 1 heterocycles. The Hall–Kier alpha value is -2.73. The normalized spacial score (nSPS) is 20.5. The Kier molecular flexibility index (Phi) is 3.73. The van der Waals surface area contributed by atoms with Crippen molar-refractivity contribution in [3.8, 4) is 0 Å². The number of guanidine groups is 1. The van der Waals surface area contributed by atoms with Crippen LogP contribution in [0.1, 0.15) is 18.2 Å². The van der Waals surface area contributed by atoms with Gasteiger partial charge in [-0.25, -0.2) is 0 Å². The summed E-state index contributed by atoms with van der Waals surface area (Å²) in [6.45, 7) is 5.36. The number of nitrogens with two attached hydrogens (primary N) is 2. The zero-order valence-electron chi connectivity index (χ0n) is 11.6. The minimum absolute atomic E-state index is 0.314. The van der Waals surface area contributed by atoms with Crippen LogP contribution in [0.3, 0.4) is 0 Å². The van der Waals surface area contributed by atoms with E-state index in [2.05, 4.69) is 16.6 Å². The SMILES string of the molecule is C=CC1=C(/C=C/C(=O)N=C(N)N)C(C)(O)c2ncccc21. The van der Waals surface area contributed by atoms with Crippen molar-refractivity contribution in [2.45, 2.75) is 12.5 Å². The predicted octanol–water partition coefficient (Wildman–Crippen LogP) is 0.599. The molecule has 0 spiro atoms. The highest BCUT2D eigenvalue weighted by Crippen LogP contribution is 2.44. The fourth-order valence-electron chi connectivity index (χ4n) is 2.34. The van der Waals surface area contributed by atoms with Crippen LogP contribution in [0.25, 0.3) is 5.57 Å². The van der Waals surface area contributed by atoms with E-state index in [9.17, 15) is 9.90 Å². The first-order chi connectivity index (χ1) is 9.87. The molecule has 0 saturated heterocycles. The van der Waals surface area contributed by atoms with E-state index >= 15 is 0 Å². The number of rotatable bonds is 3. The third-order valence-electron chi connectivity index (χ3n) is 3.21. The van der Waals surface area contributed by atoms with Gasteiger partial charge in [-0.1, -0.05) is 18.7 Å². The number of carbonyl (C=O) groups excluding carboxylic acids is 1. The van der Waals surface area contributed by atoms with E-state index < -0.39 is 11.5 Å². The molecule has 0 fully saturated rings. The minimum Gasteiger partial charge on any atom is -0.379 e. The molecule has 1 unspecified atom stereocenters. The van der Waals surface area contributed by atoms with Crippen LogP contribution < -0.4 is 11.5 Å². The fourth-order valence-corrected chi connectivity index (χ4v) is 2.34. The van der Waals surface area contributed by atoms with E-state index in [1.165, 1.54) is 12.2 Å². The molecule has 1 aliphatic rings. The number of fused-ring (bicyclic) bond motifs is 1. The molecule has 0 aliphatic heterocycles. The second-order valence-corrected chi connectivity index (χ2v) is 4.71. The quantitative estimate of drug-likeness (QED) is 0.427. The number of nitrogens with zero attached hydrogens (tertiary/aromatic N) is 2. The molecule has 1 aromatic rings. The Morgan fingerprint density at radius 3 is 2.86 bits per heavy atom. The third kappa shape index (κ3) is 2.61. The molecule has 6 nitrogen and oxygen atoms in total. The van der Waals surface area contributed by atoms with Crippen molar-refractivity contribution in [2.75, 3.05) is 0 Å². The summed E-state index contributed by atoms with van der Waals surface area (Å²) < 4.78 is 0. The highest BCUT2D eigenvalue weighted by Gasteiger charge is 2.38. The summed E-state index contributed by atoms with van der Waals surface area (Å²) in [5.41, 5.74) is 11.5.